The van der Waals surface area contributed by atoms with Crippen LogP contribution in [-0.4, -0.2) is 11.2 Å². The van der Waals surface area contributed by atoms with Gasteiger partial charge in [0.2, 0.25) is 0 Å². The molecule has 10 heavy (non-hydrogen) atoms. The van der Waals surface area contributed by atoms with Crippen LogP contribution in [0.3, 0.4) is 0 Å². The van der Waals surface area contributed by atoms with Gasteiger partial charge >= 0.3 is 0 Å². The highest BCUT2D eigenvalue weighted by molar-refractivity contribution is 7.96. The third kappa shape index (κ3) is 2.37. The molecule has 0 spiro atoms. The van der Waals surface area contributed by atoms with Gasteiger partial charge in [0, 0.05) is 18.9 Å². The Labute approximate surface area is 65.2 Å². The Hall–Kier alpha value is -0.540. The predicted octanol–water partition coefficient (Wildman–Crippen LogP) is 1.45. The van der Waals surface area contributed by atoms with Crippen LogP contribution >= 0.6 is 11.9 Å². The van der Waals surface area contributed by atoms with Gasteiger partial charge in [0.25, 0.3) is 0 Å². The van der Waals surface area contributed by atoms with Crippen LogP contribution in [-0.2, 0) is 6.54 Å². The largest absolute Gasteiger partial charge is 0.264 e. The lowest BCUT2D eigenvalue weighted by Gasteiger charge is -1.98. The topological polar surface area (TPSA) is 24.9 Å². The first-order valence-corrected chi connectivity index (χ1v) is 4.30. The van der Waals surface area contributed by atoms with E-state index in [-0.39, 0.29) is 0 Å². The monoisotopic (exact) mass is 154 g/mol. The van der Waals surface area contributed by atoms with E-state index in [4.69, 9.17) is 0 Å². The number of hydrogen-bond acceptors (Lipinski definition) is 3. The van der Waals surface area contributed by atoms with Gasteiger partial charge in [-0.05, 0) is 17.9 Å². The molecule has 1 heterocycles. The van der Waals surface area contributed by atoms with E-state index in [9.17, 15) is 0 Å². The smallest absolute Gasteiger partial charge is 0.0325 e. The molecule has 0 atom stereocenters. The van der Waals surface area contributed by atoms with Gasteiger partial charge in [-0.2, -0.15) is 0 Å². The fraction of sp³-hybridized carbons (Fsp3) is 0.286. The molecule has 0 aliphatic heterocycles. The van der Waals surface area contributed by atoms with Crippen LogP contribution in [0, 0.1) is 0 Å². The van der Waals surface area contributed by atoms with Gasteiger partial charge in [0.1, 0.15) is 0 Å². The standard InChI is InChI=1S/C7H10N2S/c1-10-9-6-7-3-2-4-8-5-7/h2-5,9H,6H2,1H3. The summed E-state index contributed by atoms with van der Waals surface area (Å²) in [5, 5.41) is 0. The maximum absolute atomic E-state index is 3.99. The molecule has 0 amide bonds. The Morgan fingerprint density at radius 3 is 3.20 bits per heavy atom. The van der Waals surface area contributed by atoms with E-state index in [1.807, 2.05) is 18.5 Å². The molecule has 0 bridgehead atoms. The Morgan fingerprint density at radius 1 is 1.70 bits per heavy atom. The lowest BCUT2D eigenvalue weighted by atomic mass is 10.3. The van der Waals surface area contributed by atoms with Crippen LogP contribution in [0.5, 0.6) is 0 Å². The average Bonchev–Trinajstić information content (AvgIpc) is 2.03. The van der Waals surface area contributed by atoms with Gasteiger partial charge in [0.05, 0.1) is 0 Å². The molecule has 0 fully saturated rings. The van der Waals surface area contributed by atoms with E-state index in [1.54, 1.807) is 18.1 Å². The Kier molecular flexibility index (Phi) is 3.26. The summed E-state index contributed by atoms with van der Waals surface area (Å²) in [4.78, 5) is 3.99. The summed E-state index contributed by atoms with van der Waals surface area (Å²) in [5.41, 5.74) is 1.22. The Balaban J connectivity index is 2.43. The summed E-state index contributed by atoms with van der Waals surface area (Å²) in [6.07, 6.45) is 5.65. The van der Waals surface area contributed by atoms with Crippen molar-refractivity contribution in [3.8, 4) is 0 Å². The van der Waals surface area contributed by atoms with Crippen molar-refractivity contribution in [1.29, 1.82) is 0 Å². The van der Waals surface area contributed by atoms with Gasteiger partial charge in [-0.3, -0.25) is 9.71 Å². The van der Waals surface area contributed by atoms with E-state index in [2.05, 4.69) is 15.8 Å². The van der Waals surface area contributed by atoms with Crippen molar-refractivity contribution in [3.05, 3.63) is 30.1 Å². The highest BCUT2D eigenvalue weighted by atomic mass is 32.2. The first-order chi connectivity index (χ1) is 4.93. The maximum Gasteiger partial charge on any atom is 0.0325 e. The number of nitrogens with one attached hydrogen (secondary N) is 1. The van der Waals surface area contributed by atoms with Gasteiger partial charge in [-0.15, -0.1) is 0 Å². The quantitative estimate of drug-likeness (QED) is 0.667. The third-order valence-corrected chi connectivity index (χ3v) is 1.58. The fourth-order valence-electron chi connectivity index (χ4n) is 0.658. The number of nitrogens with zero attached hydrogens (tertiary/aromatic N) is 1. The first-order valence-electron chi connectivity index (χ1n) is 3.08. The zero-order valence-electron chi connectivity index (χ0n) is 5.87. The molecule has 0 unspecified atom stereocenters. The number of pyridine rings is 1. The van der Waals surface area contributed by atoms with Crippen LogP contribution in [0.1, 0.15) is 5.56 Å². The minimum absolute atomic E-state index is 0.884. The summed E-state index contributed by atoms with van der Waals surface area (Å²) in [6, 6.07) is 3.99. The van der Waals surface area contributed by atoms with Crippen LogP contribution < -0.4 is 4.72 Å². The van der Waals surface area contributed by atoms with E-state index in [1.165, 1.54) is 5.56 Å². The number of rotatable bonds is 3. The van der Waals surface area contributed by atoms with Gasteiger partial charge in [0.15, 0.2) is 0 Å². The fourth-order valence-corrected chi connectivity index (χ4v) is 0.969. The van der Waals surface area contributed by atoms with Crippen molar-refractivity contribution in [3.63, 3.8) is 0 Å². The van der Waals surface area contributed by atoms with Gasteiger partial charge in [-0.25, -0.2) is 0 Å². The van der Waals surface area contributed by atoms with Crippen LogP contribution in [0.25, 0.3) is 0 Å². The molecule has 0 radical (unpaired) electrons. The SMILES string of the molecule is CSNCc1cccnc1. The number of aromatic nitrogens is 1. The summed E-state index contributed by atoms with van der Waals surface area (Å²) < 4.78 is 3.14. The Bertz CT molecular complexity index is 176. The van der Waals surface area contributed by atoms with E-state index in [0.29, 0.717) is 0 Å². The second-order valence-corrected chi connectivity index (χ2v) is 2.58. The van der Waals surface area contributed by atoms with E-state index in [0.717, 1.165) is 6.54 Å². The van der Waals surface area contributed by atoms with Crippen molar-refractivity contribution in [2.24, 2.45) is 0 Å². The molecule has 0 saturated heterocycles. The molecule has 3 heteroatoms. The van der Waals surface area contributed by atoms with Crippen LogP contribution in [0.2, 0.25) is 0 Å². The zero-order valence-corrected chi connectivity index (χ0v) is 6.69. The van der Waals surface area contributed by atoms with E-state index >= 15 is 0 Å². The molecule has 1 rings (SSSR count). The maximum atomic E-state index is 3.99. The van der Waals surface area contributed by atoms with Crippen molar-refractivity contribution in [2.45, 2.75) is 6.54 Å². The second-order valence-electron chi connectivity index (χ2n) is 1.89. The van der Waals surface area contributed by atoms with Gasteiger partial charge < -0.3 is 0 Å². The predicted molar refractivity (Wildman–Crippen MR) is 44.6 cm³/mol. The molecule has 1 aromatic heterocycles. The lowest BCUT2D eigenvalue weighted by Crippen LogP contribution is -2.01. The minimum Gasteiger partial charge on any atom is -0.264 e. The summed E-state index contributed by atoms with van der Waals surface area (Å²) in [7, 11) is 0. The van der Waals surface area contributed by atoms with Crippen molar-refractivity contribution in [1.82, 2.24) is 9.71 Å². The van der Waals surface area contributed by atoms with Crippen LogP contribution in [0.4, 0.5) is 0 Å². The second kappa shape index (κ2) is 4.30. The molecule has 0 aromatic carbocycles. The van der Waals surface area contributed by atoms with Crippen molar-refractivity contribution < 1.29 is 0 Å². The molecular formula is C7H10N2S. The summed E-state index contributed by atoms with van der Waals surface area (Å²) in [5.74, 6) is 0. The summed E-state index contributed by atoms with van der Waals surface area (Å²) in [6.45, 7) is 0.884. The van der Waals surface area contributed by atoms with Crippen molar-refractivity contribution in [2.75, 3.05) is 6.26 Å². The molecule has 1 N–H and O–H groups in total. The number of hydrogen-bond donors (Lipinski definition) is 1. The first kappa shape index (κ1) is 7.57. The van der Waals surface area contributed by atoms with Crippen LogP contribution in [0.15, 0.2) is 24.5 Å². The van der Waals surface area contributed by atoms with E-state index < -0.39 is 0 Å². The average molecular weight is 154 g/mol. The molecule has 54 valence electrons. The minimum atomic E-state index is 0.884. The highest BCUT2D eigenvalue weighted by Crippen LogP contribution is 1.96. The zero-order chi connectivity index (χ0) is 7.23. The molecular weight excluding hydrogens is 144 g/mol. The molecule has 0 aliphatic carbocycles. The molecule has 0 saturated carbocycles. The normalized spacial score (nSPS) is 9.70. The van der Waals surface area contributed by atoms with Crippen molar-refractivity contribution >= 4 is 11.9 Å². The lowest BCUT2D eigenvalue weighted by molar-refractivity contribution is 0.967. The molecule has 2 nitrogen and oxygen atoms in total. The third-order valence-electron chi connectivity index (χ3n) is 1.14. The van der Waals surface area contributed by atoms with Gasteiger partial charge in [-0.1, -0.05) is 18.0 Å². The molecule has 1 aromatic rings. The summed E-state index contributed by atoms with van der Waals surface area (Å²) >= 11 is 1.62. The molecule has 0 aliphatic rings. The Morgan fingerprint density at radius 2 is 2.60 bits per heavy atom. The highest BCUT2D eigenvalue weighted by Gasteiger charge is 1.87.